The van der Waals surface area contributed by atoms with Crippen LogP contribution in [0.1, 0.15) is 43.2 Å². The zero-order valence-electron chi connectivity index (χ0n) is 15.0. The summed E-state index contributed by atoms with van der Waals surface area (Å²) in [7, 11) is -3.13. The second-order valence-corrected chi connectivity index (χ2v) is 8.55. The van der Waals surface area contributed by atoms with Crippen LogP contribution in [-0.4, -0.2) is 20.8 Å². The third-order valence-corrected chi connectivity index (χ3v) is 6.01. The van der Waals surface area contributed by atoms with E-state index >= 15 is 0 Å². The molecular weight excluding hydrogens is 332 g/mol. The first-order valence-corrected chi connectivity index (χ1v) is 10.6. The molecule has 0 saturated carbocycles. The van der Waals surface area contributed by atoms with Gasteiger partial charge in [0.25, 0.3) is 0 Å². The van der Waals surface area contributed by atoms with Crippen molar-refractivity contribution in [2.45, 2.75) is 50.5 Å². The minimum absolute atomic E-state index is 0.237. The van der Waals surface area contributed by atoms with E-state index in [2.05, 4.69) is 12.1 Å². The molecule has 2 rings (SSSR count). The molecule has 0 aromatic heterocycles. The van der Waals surface area contributed by atoms with Gasteiger partial charge in [0.2, 0.25) is 0 Å². The maximum atomic E-state index is 12.2. The van der Waals surface area contributed by atoms with Crippen LogP contribution in [0.2, 0.25) is 0 Å². The summed E-state index contributed by atoms with van der Waals surface area (Å²) in [5.41, 5.74) is 2.28. The van der Waals surface area contributed by atoms with Gasteiger partial charge < -0.3 is 4.74 Å². The number of hydrogen-bond acceptors (Lipinski definition) is 3. The summed E-state index contributed by atoms with van der Waals surface area (Å²) in [4.78, 5) is 0.437. The summed E-state index contributed by atoms with van der Waals surface area (Å²) in [5.74, 6) is 0.237. The predicted molar refractivity (Wildman–Crippen MR) is 102 cm³/mol. The number of aryl methyl sites for hydroxylation is 1. The van der Waals surface area contributed by atoms with Crippen LogP contribution in [0.4, 0.5) is 0 Å². The molecule has 0 spiro atoms. The highest BCUT2D eigenvalue weighted by molar-refractivity contribution is 7.91. The van der Waals surface area contributed by atoms with E-state index in [1.165, 1.54) is 5.56 Å². The molecule has 136 valence electrons. The molecule has 0 atom stereocenters. The van der Waals surface area contributed by atoms with E-state index in [-0.39, 0.29) is 5.75 Å². The molecule has 2 aromatic rings. The number of unbranched alkanes of at least 4 members (excludes halogenated alkanes) is 4. The van der Waals surface area contributed by atoms with E-state index in [0.29, 0.717) is 11.5 Å². The number of benzene rings is 2. The highest BCUT2D eigenvalue weighted by Gasteiger charge is 2.13. The summed E-state index contributed by atoms with van der Waals surface area (Å²) in [5, 5.41) is 0. The van der Waals surface area contributed by atoms with Gasteiger partial charge in [0.15, 0.2) is 9.84 Å². The number of ether oxygens (including phenoxy) is 1. The Bertz CT molecular complexity index is 707. The highest BCUT2D eigenvalue weighted by Crippen LogP contribution is 2.15. The van der Waals surface area contributed by atoms with Gasteiger partial charge in [-0.3, -0.25) is 0 Å². The van der Waals surface area contributed by atoms with E-state index < -0.39 is 9.84 Å². The summed E-state index contributed by atoms with van der Waals surface area (Å²) >= 11 is 0. The zero-order chi connectivity index (χ0) is 18.0. The Hall–Kier alpha value is -1.65. The molecule has 0 aliphatic carbocycles. The molecule has 0 heterocycles. The quantitative estimate of drug-likeness (QED) is 0.533. The average molecular weight is 361 g/mol. The van der Waals surface area contributed by atoms with Crippen molar-refractivity contribution in [3.63, 3.8) is 0 Å². The number of sulfone groups is 1. The molecule has 0 aliphatic rings. The molecule has 25 heavy (non-hydrogen) atoms. The molecule has 0 saturated heterocycles. The first kappa shape index (κ1) is 19.7. The van der Waals surface area contributed by atoms with Crippen molar-refractivity contribution < 1.29 is 13.2 Å². The Balaban J connectivity index is 1.52. The van der Waals surface area contributed by atoms with Crippen molar-refractivity contribution in [2.75, 3.05) is 12.4 Å². The van der Waals surface area contributed by atoms with Crippen LogP contribution >= 0.6 is 0 Å². The van der Waals surface area contributed by atoms with Gasteiger partial charge in [-0.25, -0.2) is 8.42 Å². The van der Waals surface area contributed by atoms with E-state index in [9.17, 15) is 8.42 Å². The predicted octanol–water partition coefficient (Wildman–Crippen LogP) is 4.94. The van der Waals surface area contributed by atoms with E-state index in [1.54, 1.807) is 12.1 Å². The van der Waals surface area contributed by atoms with Gasteiger partial charge in [-0.2, -0.15) is 0 Å². The van der Waals surface area contributed by atoms with Crippen LogP contribution in [0, 0.1) is 6.92 Å². The molecular formula is C21H28O3S. The lowest BCUT2D eigenvalue weighted by molar-refractivity contribution is 0.116. The van der Waals surface area contributed by atoms with Crippen LogP contribution in [0.5, 0.6) is 0 Å². The summed E-state index contributed by atoms with van der Waals surface area (Å²) in [6, 6.07) is 17.3. The largest absolute Gasteiger partial charge is 0.377 e. The number of rotatable bonds is 11. The van der Waals surface area contributed by atoms with Crippen molar-refractivity contribution >= 4 is 9.84 Å². The maximum Gasteiger partial charge on any atom is 0.178 e. The van der Waals surface area contributed by atoms with Crippen LogP contribution < -0.4 is 0 Å². The molecule has 0 unspecified atom stereocenters. The second kappa shape index (κ2) is 10.4. The molecule has 3 nitrogen and oxygen atoms in total. The first-order valence-electron chi connectivity index (χ1n) is 8.99. The van der Waals surface area contributed by atoms with Gasteiger partial charge >= 0.3 is 0 Å². The minimum Gasteiger partial charge on any atom is -0.377 e. The van der Waals surface area contributed by atoms with Crippen molar-refractivity contribution in [1.29, 1.82) is 0 Å². The van der Waals surface area contributed by atoms with Crippen molar-refractivity contribution in [1.82, 2.24) is 0 Å². The third kappa shape index (κ3) is 7.41. The topological polar surface area (TPSA) is 43.4 Å². The molecule has 4 heteroatoms. The molecule has 0 N–H and O–H groups in total. The van der Waals surface area contributed by atoms with Gasteiger partial charge in [-0.05, 0) is 37.5 Å². The Morgan fingerprint density at radius 1 is 0.800 bits per heavy atom. The Morgan fingerprint density at radius 3 is 2.16 bits per heavy atom. The zero-order valence-corrected chi connectivity index (χ0v) is 15.8. The average Bonchev–Trinajstić information content (AvgIpc) is 2.61. The van der Waals surface area contributed by atoms with Gasteiger partial charge in [0.1, 0.15) is 0 Å². The lowest BCUT2D eigenvalue weighted by atomic mass is 10.2. The van der Waals surface area contributed by atoms with Crippen LogP contribution in [0.3, 0.4) is 0 Å². The molecule has 0 bridgehead atoms. The van der Waals surface area contributed by atoms with Crippen LogP contribution in [0.25, 0.3) is 0 Å². The molecule has 2 aromatic carbocycles. The Kier molecular flexibility index (Phi) is 8.16. The Morgan fingerprint density at radius 2 is 1.44 bits per heavy atom. The summed E-state index contributed by atoms with van der Waals surface area (Å²) in [6.07, 6.45) is 4.83. The van der Waals surface area contributed by atoms with Gasteiger partial charge in [-0.15, -0.1) is 0 Å². The maximum absolute atomic E-state index is 12.2. The molecule has 0 fully saturated rings. The van der Waals surface area contributed by atoms with Crippen molar-refractivity contribution in [3.8, 4) is 0 Å². The van der Waals surface area contributed by atoms with Crippen molar-refractivity contribution in [3.05, 3.63) is 65.7 Å². The van der Waals surface area contributed by atoms with E-state index in [4.69, 9.17) is 4.74 Å². The van der Waals surface area contributed by atoms with E-state index in [1.807, 2.05) is 37.3 Å². The monoisotopic (exact) mass is 360 g/mol. The molecule has 0 amide bonds. The lowest BCUT2D eigenvalue weighted by Crippen LogP contribution is -2.06. The van der Waals surface area contributed by atoms with Crippen molar-refractivity contribution in [2.24, 2.45) is 0 Å². The first-order chi connectivity index (χ1) is 12.1. The Labute approximate surface area is 152 Å². The molecule has 0 radical (unpaired) electrons. The van der Waals surface area contributed by atoms with Gasteiger partial charge in [0.05, 0.1) is 17.3 Å². The van der Waals surface area contributed by atoms with E-state index in [0.717, 1.165) is 44.3 Å². The summed E-state index contributed by atoms with van der Waals surface area (Å²) in [6.45, 7) is 3.38. The van der Waals surface area contributed by atoms with Crippen LogP contribution in [0.15, 0.2) is 59.5 Å². The standard InChI is InChI=1S/C21H28O3S/c1-19-12-14-21(15-13-19)25(22,23)17-9-4-2-3-8-16-24-18-20-10-6-5-7-11-20/h5-7,10-15H,2-4,8-9,16-18H2,1H3. The smallest absolute Gasteiger partial charge is 0.178 e. The fourth-order valence-electron chi connectivity index (χ4n) is 2.65. The fraction of sp³-hybridized carbons (Fsp3) is 0.429. The minimum atomic E-state index is -3.13. The third-order valence-electron chi connectivity index (χ3n) is 4.19. The lowest BCUT2D eigenvalue weighted by Gasteiger charge is -2.06. The molecule has 0 aliphatic heterocycles. The highest BCUT2D eigenvalue weighted by atomic mass is 32.2. The summed E-state index contributed by atoms with van der Waals surface area (Å²) < 4.78 is 30.1. The van der Waals surface area contributed by atoms with Crippen LogP contribution in [-0.2, 0) is 21.2 Å². The van der Waals surface area contributed by atoms with Gasteiger partial charge in [-0.1, -0.05) is 67.3 Å². The SMILES string of the molecule is Cc1ccc(S(=O)(=O)CCCCCCCOCc2ccccc2)cc1. The van der Waals surface area contributed by atoms with Gasteiger partial charge in [0, 0.05) is 6.61 Å². The normalized spacial score (nSPS) is 11.6. The number of hydrogen-bond donors (Lipinski definition) is 0. The second-order valence-electron chi connectivity index (χ2n) is 6.44. The fourth-order valence-corrected chi connectivity index (χ4v) is 4.02.